The SMILES string of the molecule is Cc1ccnc(NC(=O)CN(C)C(=O)C2(c3ccccc3)CC2)c1. The topological polar surface area (TPSA) is 62.3 Å². The van der Waals surface area contributed by atoms with Gasteiger partial charge in [-0.2, -0.15) is 0 Å². The zero-order valence-corrected chi connectivity index (χ0v) is 14.0. The summed E-state index contributed by atoms with van der Waals surface area (Å²) in [7, 11) is 1.68. The molecule has 1 aliphatic rings. The minimum atomic E-state index is -0.447. The number of aromatic nitrogens is 1. The lowest BCUT2D eigenvalue weighted by atomic mass is 9.94. The Kier molecular flexibility index (Phi) is 4.34. The number of hydrogen-bond donors (Lipinski definition) is 1. The van der Waals surface area contributed by atoms with E-state index in [0.29, 0.717) is 5.82 Å². The van der Waals surface area contributed by atoms with E-state index in [1.54, 1.807) is 19.3 Å². The predicted molar refractivity (Wildman–Crippen MR) is 92.6 cm³/mol. The minimum Gasteiger partial charge on any atom is -0.336 e. The smallest absolute Gasteiger partial charge is 0.245 e. The highest BCUT2D eigenvalue weighted by Crippen LogP contribution is 2.49. The Morgan fingerprint density at radius 3 is 2.54 bits per heavy atom. The van der Waals surface area contributed by atoms with Gasteiger partial charge in [0, 0.05) is 13.2 Å². The van der Waals surface area contributed by atoms with Crippen LogP contribution in [0.2, 0.25) is 0 Å². The first-order valence-corrected chi connectivity index (χ1v) is 8.05. The molecule has 124 valence electrons. The zero-order valence-electron chi connectivity index (χ0n) is 14.0. The number of benzene rings is 1. The average molecular weight is 323 g/mol. The van der Waals surface area contributed by atoms with Gasteiger partial charge in [0.05, 0.1) is 12.0 Å². The summed E-state index contributed by atoms with van der Waals surface area (Å²) in [6, 6.07) is 13.5. The van der Waals surface area contributed by atoms with Crippen LogP contribution in [0, 0.1) is 6.92 Å². The Balaban J connectivity index is 1.63. The quantitative estimate of drug-likeness (QED) is 0.919. The number of hydrogen-bond acceptors (Lipinski definition) is 3. The molecular formula is C19H21N3O2. The van der Waals surface area contributed by atoms with Crippen molar-refractivity contribution < 1.29 is 9.59 Å². The largest absolute Gasteiger partial charge is 0.336 e. The van der Waals surface area contributed by atoms with Gasteiger partial charge in [-0.25, -0.2) is 4.98 Å². The summed E-state index contributed by atoms with van der Waals surface area (Å²) in [5.74, 6) is 0.263. The number of pyridine rings is 1. The molecule has 0 saturated heterocycles. The van der Waals surface area contributed by atoms with Crippen molar-refractivity contribution in [1.82, 2.24) is 9.88 Å². The third-order valence-electron chi connectivity index (χ3n) is 4.40. The summed E-state index contributed by atoms with van der Waals surface area (Å²) in [4.78, 5) is 30.6. The molecule has 0 spiro atoms. The second-order valence-corrected chi connectivity index (χ2v) is 6.38. The molecule has 1 aliphatic carbocycles. The van der Waals surface area contributed by atoms with Gasteiger partial charge in [0.15, 0.2) is 0 Å². The molecule has 2 amide bonds. The maximum absolute atomic E-state index is 12.8. The van der Waals surface area contributed by atoms with Crippen LogP contribution in [0.3, 0.4) is 0 Å². The molecule has 1 heterocycles. The first-order chi connectivity index (χ1) is 11.5. The normalized spacial score (nSPS) is 14.8. The summed E-state index contributed by atoms with van der Waals surface area (Å²) in [5.41, 5.74) is 1.60. The second kappa shape index (κ2) is 6.43. The third-order valence-corrected chi connectivity index (χ3v) is 4.40. The van der Waals surface area contributed by atoms with Gasteiger partial charge in [-0.3, -0.25) is 9.59 Å². The van der Waals surface area contributed by atoms with Gasteiger partial charge < -0.3 is 10.2 Å². The van der Waals surface area contributed by atoms with Crippen molar-refractivity contribution in [2.45, 2.75) is 25.2 Å². The number of amides is 2. The van der Waals surface area contributed by atoms with Crippen LogP contribution in [0.5, 0.6) is 0 Å². The Morgan fingerprint density at radius 1 is 1.21 bits per heavy atom. The molecule has 5 nitrogen and oxygen atoms in total. The molecule has 1 aromatic carbocycles. The summed E-state index contributed by atoms with van der Waals surface area (Å²) in [5, 5.41) is 2.74. The molecule has 5 heteroatoms. The van der Waals surface area contributed by atoms with Gasteiger partial charge in [-0.15, -0.1) is 0 Å². The molecule has 1 saturated carbocycles. The van der Waals surface area contributed by atoms with E-state index in [0.717, 1.165) is 24.0 Å². The summed E-state index contributed by atoms with van der Waals surface area (Å²) >= 11 is 0. The lowest BCUT2D eigenvalue weighted by molar-refractivity contribution is -0.135. The van der Waals surface area contributed by atoms with Crippen LogP contribution < -0.4 is 5.32 Å². The van der Waals surface area contributed by atoms with E-state index in [9.17, 15) is 9.59 Å². The molecule has 2 aromatic rings. The van der Waals surface area contributed by atoms with Gasteiger partial charge in [0.25, 0.3) is 0 Å². The van der Waals surface area contributed by atoms with Crippen LogP contribution in [-0.2, 0) is 15.0 Å². The Morgan fingerprint density at radius 2 is 1.92 bits per heavy atom. The standard InChI is InChI=1S/C19H21N3O2/c1-14-8-11-20-16(12-14)21-17(23)13-22(2)18(24)19(9-10-19)15-6-4-3-5-7-15/h3-8,11-12H,9-10,13H2,1-2H3,(H,20,21,23). The molecule has 24 heavy (non-hydrogen) atoms. The molecule has 0 atom stereocenters. The predicted octanol–water partition coefficient (Wildman–Crippen LogP) is 2.52. The lowest BCUT2D eigenvalue weighted by Gasteiger charge is -2.23. The number of nitrogens with zero attached hydrogens (tertiary/aromatic N) is 2. The highest BCUT2D eigenvalue weighted by molar-refractivity contribution is 5.97. The van der Waals surface area contributed by atoms with E-state index in [1.165, 1.54) is 4.90 Å². The first kappa shape index (κ1) is 16.2. The van der Waals surface area contributed by atoms with E-state index in [1.807, 2.05) is 43.3 Å². The van der Waals surface area contributed by atoms with Gasteiger partial charge in [-0.1, -0.05) is 30.3 Å². The molecular weight excluding hydrogens is 302 g/mol. The molecule has 0 unspecified atom stereocenters. The van der Waals surface area contributed by atoms with Crippen molar-refractivity contribution in [3.8, 4) is 0 Å². The van der Waals surface area contributed by atoms with Crippen LogP contribution in [0.25, 0.3) is 0 Å². The third kappa shape index (κ3) is 3.30. The van der Waals surface area contributed by atoms with Crippen molar-refractivity contribution in [3.63, 3.8) is 0 Å². The number of carbonyl (C=O) groups is 2. The van der Waals surface area contributed by atoms with Gasteiger partial charge in [-0.05, 0) is 43.0 Å². The van der Waals surface area contributed by atoms with Crippen LogP contribution in [-0.4, -0.2) is 35.3 Å². The highest BCUT2D eigenvalue weighted by atomic mass is 16.2. The second-order valence-electron chi connectivity index (χ2n) is 6.38. The summed E-state index contributed by atoms with van der Waals surface area (Å²) < 4.78 is 0. The molecule has 0 radical (unpaired) electrons. The van der Waals surface area contributed by atoms with E-state index in [-0.39, 0.29) is 18.4 Å². The molecule has 0 aliphatic heterocycles. The van der Waals surface area contributed by atoms with Gasteiger partial charge in [0.1, 0.15) is 5.82 Å². The van der Waals surface area contributed by atoms with E-state index >= 15 is 0 Å². The number of carbonyl (C=O) groups excluding carboxylic acids is 2. The van der Waals surface area contributed by atoms with Crippen LogP contribution in [0.4, 0.5) is 5.82 Å². The summed E-state index contributed by atoms with van der Waals surface area (Å²) in [6.45, 7) is 1.95. The number of nitrogens with one attached hydrogen (secondary N) is 1. The van der Waals surface area contributed by atoms with Gasteiger partial charge >= 0.3 is 0 Å². The highest BCUT2D eigenvalue weighted by Gasteiger charge is 2.52. The van der Waals surface area contributed by atoms with Crippen LogP contribution in [0.15, 0.2) is 48.7 Å². The fourth-order valence-electron chi connectivity index (χ4n) is 2.95. The minimum absolute atomic E-state index is 0.000974. The molecule has 1 aromatic heterocycles. The molecule has 3 rings (SSSR count). The molecule has 0 bridgehead atoms. The number of anilines is 1. The lowest BCUT2D eigenvalue weighted by Crippen LogP contribution is -2.41. The van der Waals surface area contributed by atoms with Crippen LogP contribution >= 0.6 is 0 Å². The number of likely N-dealkylation sites (N-methyl/N-ethyl adjacent to an activating group) is 1. The van der Waals surface area contributed by atoms with Crippen molar-refractivity contribution >= 4 is 17.6 Å². The maximum atomic E-state index is 12.8. The summed E-state index contributed by atoms with van der Waals surface area (Å²) in [6.07, 6.45) is 3.32. The average Bonchev–Trinajstić information content (AvgIpc) is 3.36. The zero-order chi connectivity index (χ0) is 17.2. The Hall–Kier alpha value is -2.69. The van der Waals surface area contributed by atoms with E-state index < -0.39 is 5.41 Å². The molecule has 1 N–H and O–H groups in total. The van der Waals surface area contributed by atoms with Crippen molar-refractivity contribution in [2.75, 3.05) is 18.9 Å². The van der Waals surface area contributed by atoms with E-state index in [4.69, 9.17) is 0 Å². The van der Waals surface area contributed by atoms with E-state index in [2.05, 4.69) is 10.3 Å². The Labute approximate surface area is 141 Å². The fourth-order valence-corrected chi connectivity index (χ4v) is 2.95. The number of rotatable bonds is 5. The van der Waals surface area contributed by atoms with Crippen molar-refractivity contribution in [1.29, 1.82) is 0 Å². The maximum Gasteiger partial charge on any atom is 0.245 e. The first-order valence-electron chi connectivity index (χ1n) is 8.05. The van der Waals surface area contributed by atoms with Crippen molar-refractivity contribution in [2.24, 2.45) is 0 Å². The van der Waals surface area contributed by atoms with Gasteiger partial charge in [0.2, 0.25) is 11.8 Å². The fraction of sp³-hybridized carbons (Fsp3) is 0.316. The monoisotopic (exact) mass is 323 g/mol. The number of aryl methyl sites for hydroxylation is 1. The van der Waals surface area contributed by atoms with Crippen LogP contribution in [0.1, 0.15) is 24.0 Å². The Bertz CT molecular complexity index is 754. The molecule has 1 fully saturated rings. The van der Waals surface area contributed by atoms with Crippen molar-refractivity contribution in [3.05, 3.63) is 59.8 Å².